The van der Waals surface area contributed by atoms with Crippen molar-refractivity contribution in [1.82, 2.24) is 0 Å². The van der Waals surface area contributed by atoms with Crippen molar-refractivity contribution in [3.63, 3.8) is 0 Å². The minimum absolute atomic E-state index is 0. The van der Waals surface area contributed by atoms with E-state index in [0.29, 0.717) is 0 Å². The van der Waals surface area contributed by atoms with Crippen molar-refractivity contribution in [2.75, 3.05) is 0 Å². The second-order valence-corrected chi connectivity index (χ2v) is 7.58. The van der Waals surface area contributed by atoms with Gasteiger partial charge in [0, 0.05) is 6.42 Å². The SMILES string of the molecule is O=S(=O)([O-])c1ccc(CC(F)(F)C(F)(F)C(F)(F)C(F)(F)C(F)(F)C(F)(F)C(F)F)cc1.[Na+]. The fourth-order valence-corrected chi connectivity index (χ4v) is 2.58. The van der Waals surface area contributed by atoms with E-state index in [1.54, 1.807) is 0 Å². The molecule has 0 N–H and O–H groups in total. The van der Waals surface area contributed by atoms with Crippen molar-refractivity contribution in [3.8, 4) is 0 Å². The third kappa shape index (κ3) is 5.23. The maximum absolute atomic E-state index is 13.8. The minimum atomic E-state index is -8.12. The first-order valence-electron chi connectivity index (χ1n) is 7.48. The van der Waals surface area contributed by atoms with E-state index in [4.69, 9.17) is 0 Å². The molecule has 0 aliphatic rings. The summed E-state index contributed by atoms with van der Waals surface area (Å²) in [7, 11) is -5.19. The number of hydrogen-bond acceptors (Lipinski definition) is 3. The first kappa shape index (κ1) is 32.1. The van der Waals surface area contributed by atoms with Gasteiger partial charge in [0.25, 0.3) is 0 Å². The molecule has 3 nitrogen and oxygen atoms in total. The van der Waals surface area contributed by atoms with E-state index >= 15 is 0 Å². The van der Waals surface area contributed by atoms with Crippen LogP contribution in [0.2, 0.25) is 0 Å². The van der Waals surface area contributed by atoms with Crippen molar-refractivity contribution in [1.29, 1.82) is 0 Å². The zero-order valence-electron chi connectivity index (χ0n) is 15.5. The van der Waals surface area contributed by atoms with Crippen LogP contribution < -0.4 is 29.6 Å². The van der Waals surface area contributed by atoms with E-state index in [-0.39, 0.29) is 53.8 Å². The largest absolute Gasteiger partial charge is 1.00 e. The van der Waals surface area contributed by atoms with Gasteiger partial charge < -0.3 is 4.55 Å². The van der Waals surface area contributed by atoms with Crippen molar-refractivity contribution in [2.24, 2.45) is 0 Å². The predicted molar refractivity (Wildman–Crippen MR) is 73.8 cm³/mol. The second kappa shape index (κ2) is 9.31. The van der Waals surface area contributed by atoms with Gasteiger partial charge in [-0.05, 0) is 17.7 Å². The molecule has 0 spiro atoms. The maximum Gasteiger partial charge on any atom is 1.00 e. The van der Waals surface area contributed by atoms with Gasteiger partial charge in [0.1, 0.15) is 10.1 Å². The quantitative estimate of drug-likeness (QED) is 0.273. The Kier molecular flexibility index (Phi) is 9.07. The molecule has 0 radical (unpaired) electrons. The number of hydrogen-bond donors (Lipinski definition) is 0. The summed E-state index contributed by atoms with van der Waals surface area (Å²) in [5, 5.41) is 0. The Labute approximate surface area is 197 Å². The molecule has 0 fully saturated rings. The van der Waals surface area contributed by atoms with Crippen LogP contribution in [0.15, 0.2) is 29.2 Å². The molecule has 0 amide bonds. The summed E-state index contributed by atoms with van der Waals surface area (Å²) in [4.78, 5) is -1.12. The molecule has 0 bridgehead atoms. The minimum Gasteiger partial charge on any atom is -0.744 e. The smallest absolute Gasteiger partial charge is 0.744 e. The van der Waals surface area contributed by atoms with Crippen LogP contribution in [0.5, 0.6) is 0 Å². The van der Waals surface area contributed by atoms with E-state index in [9.17, 15) is 74.4 Å². The molecule has 19 heteroatoms. The zero-order chi connectivity index (χ0) is 25.8. The zero-order valence-corrected chi connectivity index (χ0v) is 18.3. The first-order chi connectivity index (χ1) is 13.9. The Morgan fingerprint density at radius 2 is 1.06 bits per heavy atom. The Hall–Kier alpha value is -0.850. The van der Waals surface area contributed by atoms with Gasteiger partial charge in [-0.25, -0.2) is 17.2 Å². The molecule has 1 aromatic carbocycles. The van der Waals surface area contributed by atoms with Crippen LogP contribution in [0.4, 0.5) is 61.5 Å². The maximum atomic E-state index is 13.8. The van der Waals surface area contributed by atoms with Gasteiger partial charge in [-0.1, -0.05) is 12.1 Å². The number of benzene rings is 1. The van der Waals surface area contributed by atoms with E-state index in [0.717, 1.165) is 0 Å². The molecule has 0 aliphatic carbocycles. The van der Waals surface area contributed by atoms with Gasteiger partial charge in [0.05, 0.1) is 4.90 Å². The van der Waals surface area contributed by atoms with Gasteiger partial charge in [-0.3, -0.25) is 0 Å². The normalized spacial score (nSPS) is 14.9. The number of halogens is 14. The summed E-state index contributed by atoms with van der Waals surface area (Å²) in [6.45, 7) is 0. The van der Waals surface area contributed by atoms with Crippen LogP contribution in [0.1, 0.15) is 5.56 Å². The second-order valence-electron chi connectivity index (χ2n) is 6.20. The van der Waals surface area contributed by atoms with Gasteiger partial charge in [-0.15, -0.1) is 0 Å². The molecule has 0 aromatic heterocycles. The van der Waals surface area contributed by atoms with Crippen LogP contribution >= 0.6 is 0 Å². The topological polar surface area (TPSA) is 57.2 Å². The average molecular weight is 544 g/mol. The summed E-state index contributed by atoms with van der Waals surface area (Å²) >= 11 is 0. The third-order valence-electron chi connectivity index (χ3n) is 3.97. The molecule has 0 saturated heterocycles. The molecule has 1 rings (SSSR count). The first-order valence-corrected chi connectivity index (χ1v) is 8.88. The summed E-state index contributed by atoms with van der Waals surface area (Å²) in [6, 6.07) is 0.779. The van der Waals surface area contributed by atoms with Crippen molar-refractivity contribution < 1.29 is 104 Å². The average Bonchev–Trinajstić information content (AvgIpc) is 2.60. The fraction of sp³-hybridized carbons (Fsp3) is 0.571. The van der Waals surface area contributed by atoms with Crippen LogP contribution in [-0.2, 0) is 16.5 Å². The van der Waals surface area contributed by atoms with E-state index in [2.05, 4.69) is 0 Å². The van der Waals surface area contributed by atoms with Gasteiger partial charge in [0.2, 0.25) is 0 Å². The molecular formula is C14H7F14NaO3S. The van der Waals surface area contributed by atoms with Gasteiger partial charge in [0.15, 0.2) is 0 Å². The molecule has 0 saturated carbocycles. The van der Waals surface area contributed by atoms with Gasteiger partial charge >= 0.3 is 71.5 Å². The van der Waals surface area contributed by atoms with Crippen molar-refractivity contribution in [3.05, 3.63) is 29.8 Å². The summed E-state index contributed by atoms with van der Waals surface area (Å²) in [5.74, 6) is -45.3. The van der Waals surface area contributed by atoms with Gasteiger partial charge in [-0.2, -0.15) is 52.7 Å². The summed E-state index contributed by atoms with van der Waals surface area (Å²) in [5.41, 5.74) is -1.22. The summed E-state index contributed by atoms with van der Waals surface area (Å²) in [6.07, 6.45) is -8.45. The molecule has 1 aromatic rings. The standard InChI is InChI=1S/C14H8F14O3S.Na/c15-8(16)10(19,20)12(23,24)14(27,28)13(25,26)11(21,22)9(17,18)5-6-1-3-7(4-2-6)32(29,30)31;/h1-4,8H,5H2,(H,29,30,31);/q;+1/p-1. The molecular weight excluding hydrogens is 537 g/mol. The van der Waals surface area contributed by atoms with Crippen LogP contribution in [-0.4, -0.2) is 54.9 Å². The number of rotatable bonds is 9. The Morgan fingerprint density at radius 1 is 0.697 bits per heavy atom. The van der Waals surface area contributed by atoms with Crippen molar-refractivity contribution in [2.45, 2.75) is 53.3 Å². The Bertz CT molecular complexity index is 931. The molecule has 0 aliphatic heterocycles. The Morgan fingerprint density at radius 3 is 1.39 bits per heavy atom. The third-order valence-corrected chi connectivity index (χ3v) is 4.82. The molecule has 0 heterocycles. The molecule has 0 unspecified atom stereocenters. The summed E-state index contributed by atoms with van der Waals surface area (Å²) < 4.78 is 216. The molecule has 0 atom stereocenters. The molecule has 33 heavy (non-hydrogen) atoms. The molecule has 186 valence electrons. The van der Waals surface area contributed by atoms with Crippen LogP contribution in [0.25, 0.3) is 0 Å². The predicted octanol–water partition coefficient (Wildman–Crippen LogP) is 2.21. The Balaban J connectivity index is 0.0000102. The van der Waals surface area contributed by atoms with Crippen LogP contribution in [0.3, 0.4) is 0 Å². The van der Waals surface area contributed by atoms with Crippen LogP contribution in [0, 0.1) is 0 Å². The fourth-order valence-electron chi connectivity index (χ4n) is 2.11. The van der Waals surface area contributed by atoms with Crippen molar-refractivity contribution >= 4 is 10.1 Å². The monoisotopic (exact) mass is 544 g/mol. The van der Waals surface area contributed by atoms with E-state index in [1.807, 2.05) is 0 Å². The number of alkyl halides is 14. The van der Waals surface area contributed by atoms with E-state index < -0.39 is 69.0 Å². The van der Waals surface area contributed by atoms with E-state index in [1.165, 1.54) is 0 Å².